The molecule has 0 radical (unpaired) electrons. The van der Waals surface area contributed by atoms with Gasteiger partial charge >= 0.3 is 0 Å². The van der Waals surface area contributed by atoms with E-state index in [1.54, 1.807) is 77.0 Å². The Kier molecular flexibility index (Phi) is 12.2. The minimum absolute atomic E-state index is 0.619. The van der Waals surface area contributed by atoms with E-state index in [-0.39, 0.29) is 0 Å². The molecule has 0 aliphatic heterocycles. The fraction of sp³-hybridized carbons (Fsp3) is 1.00. The SMILES string of the molecule is CC(C)CCC[C@@H](C)[C@@H]1CC[C@@H]2[C@H]3CC[C@H]4C[C@@H](N[C@H]5CC[C@]6(C)[C@@H](CC[C@@H]7[C@H]6CC[C@@]6(C)[C@@H]([C@@H](C)CCCC(C)C)CC[C@@H]76)C5)CC[C@]4(C)[C@@H]3CC[C@@]21C. The van der Waals surface area contributed by atoms with Crippen molar-refractivity contribution in [3.63, 3.8) is 0 Å². The minimum Gasteiger partial charge on any atom is -0.311 e. The highest BCUT2D eigenvalue weighted by atomic mass is 15.0. The van der Waals surface area contributed by atoms with Gasteiger partial charge in [0.05, 0.1) is 0 Å². The van der Waals surface area contributed by atoms with Crippen LogP contribution in [0.1, 0.15) is 223 Å². The van der Waals surface area contributed by atoms with E-state index in [0.29, 0.717) is 21.7 Å². The van der Waals surface area contributed by atoms with E-state index in [1.807, 2.05) is 0 Å². The summed E-state index contributed by atoms with van der Waals surface area (Å²) in [6, 6.07) is 1.59. The Labute approximate surface area is 344 Å². The average molecular weight is 758 g/mol. The molecule has 1 nitrogen and oxygen atoms in total. The maximum atomic E-state index is 4.47. The number of rotatable bonds is 12. The third kappa shape index (κ3) is 7.44. The second-order valence-electron chi connectivity index (χ2n) is 25.5. The molecule has 18 atom stereocenters. The highest BCUT2D eigenvalue weighted by Crippen LogP contribution is 2.70. The van der Waals surface area contributed by atoms with Crippen LogP contribution in [-0.2, 0) is 0 Å². The van der Waals surface area contributed by atoms with Gasteiger partial charge in [-0.15, -0.1) is 0 Å². The van der Waals surface area contributed by atoms with Gasteiger partial charge in [-0.1, -0.05) is 108 Å². The third-order valence-electron chi connectivity index (χ3n) is 22.2. The van der Waals surface area contributed by atoms with Crippen LogP contribution in [0.15, 0.2) is 0 Å². The van der Waals surface area contributed by atoms with Crippen LogP contribution in [0.3, 0.4) is 0 Å². The summed E-state index contributed by atoms with van der Waals surface area (Å²) in [5.74, 6) is 13.7. The van der Waals surface area contributed by atoms with Gasteiger partial charge in [0.2, 0.25) is 0 Å². The first-order chi connectivity index (χ1) is 26.2. The van der Waals surface area contributed by atoms with Gasteiger partial charge in [0, 0.05) is 12.1 Å². The summed E-state index contributed by atoms with van der Waals surface area (Å²) in [6.07, 6.45) is 36.3. The summed E-state index contributed by atoms with van der Waals surface area (Å²) in [5, 5.41) is 4.47. The lowest BCUT2D eigenvalue weighted by Crippen LogP contribution is -2.57. The lowest BCUT2D eigenvalue weighted by Gasteiger charge is -2.62. The molecule has 8 aliphatic rings. The van der Waals surface area contributed by atoms with Crippen molar-refractivity contribution in [2.45, 2.75) is 235 Å². The van der Waals surface area contributed by atoms with Crippen LogP contribution in [0.2, 0.25) is 0 Å². The third-order valence-corrected chi connectivity index (χ3v) is 22.2. The molecule has 316 valence electrons. The Bertz CT molecular complexity index is 1190. The Balaban J connectivity index is 0.840. The van der Waals surface area contributed by atoms with Gasteiger partial charge in [-0.05, 0) is 220 Å². The molecule has 0 aromatic rings. The van der Waals surface area contributed by atoms with Crippen LogP contribution in [0, 0.1) is 105 Å². The second-order valence-corrected chi connectivity index (χ2v) is 25.5. The van der Waals surface area contributed by atoms with Crippen LogP contribution < -0.4 is 5.32 Å². The summed E-state index contributed by atoms with van der Waals surface area (Å²) >= 11 is 0. The zero-order valence-electron chi connectivity index (χ0n) is 38.7. The van der Waals surface area contributed by atoms with Crippen LogP contribution in [0.5, 0.6) is 0 Å². The van der Waals surface area contributed by atoms with Gasteiger partial charge in [0.25, 0.3) is 0 Å². The monoisotopic (exact) mass is 758 g/mol. The maximum Gasteiger partial charge on any atom is 0.00727 e. The number of hydrogen-bond acceptors (Lipinski definition) is 1. The maximum absolute atomic E-state index is 4.47. The fourth-order valence-corrected chi connectivity index (χ4v) is 19.2. The van der Waals surface area contributed by atoms with E-state index < -0.39 is 0 Å². The highest BCUT2D eigenvalue weighted by molar-refractivity contribution is 5.12. The van der Waals surface area contributed by atoms with Crippen molar-refractivity contribution in [1.29, 1.82) is 0 Å². The molecule has 8 saturated carbocycles. The van der Waals surface area contributed by atoms with Crippen molar-refractivity contribution >= 4 is 0 Å². The molecule has 8 rings (SSSR count). The second kappa shape index (κ2) is 16.1. The van der Waals surface area contributed by atoms with Crippen LogP contribution in [0.25, 0.3) is 0 Å². The van der Waals surface area contributed by atoms with E-state index in [4.69, 9.17) is 0 Å². The molecule has 8 aliphatic carbocycles. The first kappa shape index (κ1) is 41.7. The van der Waals surface area contributed by atoms with Crippen LogP contribution in [-0.4, -0.2) is 12.1 Å². The number of hydrogen-bond donors (Lipinski definition) is 1. The molecular weight excluding hydrogens is 663 g/mol. The molecule has 8 fully saturated rings. The zero-order valence-corrected chi connectivity index (χ0v) is 38.7. The smallest absolute Gasteiger partial charge is 0.00727 e. The average Bonchev–Trinajstić information content (AvgIpc) is 3.68. The Morgan fingerprint density at radius 1 is 0.418 bits per heavy atom. The van der Waals surface area contributed by atoms with E-state index in [0.717, 1.165) is 94.9 Å². The van der Waals surface area contributed by atoms with Crippen molar-refractivity contribution < 1.29 is 0 Å². The van der Waals surface area contributed by atoms with Gasteiger partial charge < -0.3 is 5.32 Å². The lowest BCUT2D eigenvalue weighted by molar-refractivity contribution is -0.124. The fourth-order valence-electron chi connectivity index (χ4n) is 19.2. The molecular formula is C54H95N. The van der Waals surface area contributed by atoms with E-state index in [2.05, 4.69) is 74.6 Å². The predicted octanol–water partition coefficient (Wildman–Crippen LogP) is 15.6. The normalized spacial score (nSPS) is 50.4. The molecule has 0 heterocycles. The molecule has 0 amide bonds. The van der Waals surface area contributed by atoms with Gasteiger partial charge in [0.1, 0.15) is 0 Å². The Morgan fingerprint density at radius 3 is 1.20 bits per heavy atom. The van der Waals surface area contributed by atoms with Crippen molar-refractivity contribution in [3.05, 3.63) is 0 Å². The van der Waals surface area contributed by atoms with Gasteiger partial charge in [0.15, 0.2) is 0 Å². The highest BCUT2D eigenvalue weighted by Gasteiger charge is 2.62. The van der Waals surface area contributed by atoms with E-state index in [9.17, 15) is 0 Å². The molecule has 0 aromatic heterocycles. The summed E-state index contributed by atoms with van der Waals surface area (Å²) in [5.41, 5.74) is 2.51. The number of nitrogens with one attached hydrogen (secondary N) is 1. The van der Waals surface area contributed by atoms with Gasteiger partial charge in [-0.3, -0.25) is 0 Å². The molecule has 0 aromatic carbocycles. The quantitative estimate of drug-likeness (QED) is 0.209. The van der Waals surface area contributed by atoms with Gasteiger partial charge in [-0.25, -0.2) is 0 Å². The van der Waals surface area contributed by atoms with Crippen LogP contribution in [0.4, 0.5) is 0 Å². The van der Waals surface area contributed by atoms with E-state index in [1.165, 1.54) is 77.0 Å². The van der Waals surface area contributed by atoms with Crippen molar-refractivity contribution in [1.82, 2.24) is 5.32 Å². The first-order valence-corrected chi connectivity index (χ1v) is 25.9. The summed E-state index contributed by atoms with van der Waals surface area (Å²) in [7, 11) is 0. The number of fused-ring (bicyclic) bond motifs is 10. The minimum atomic E-state index is 0.619. The molecule has 0 bridgehead atoms. The topological polar surface area (TPSA) is 12.0 Å². The van der Waals surface area contributed by atoms with E-state index >= 15 is 0 Å². The standard InChI is InChI=1S/C54H95N/c1-35(2)13-11-15-37(5)45-21-23-47-43-19-17-39-33-41(25-29-51(39,7)49(43)27-31-53(45,47)9)55-42-26-30-52(8)40(34-42)18-20-44-48-24-22-46(38(6)16-12-14-36(3)4)54(48,10)32-28-50(44)52/h35-50,55H,11-34H2,1-10H3/t37-,38+,39-,40-,41-,42-,43-,44+,45+,46-,47-,48+,49+,50+,51+,52-,53-,54+/m0/s1. The van der Waals surface area contributed by atoms with Crippen molar-refractivity contribution in [2.24, 2.45) is 105 Å². The lowest BCUT2D eigenvalue weighted by atomic mass is 9.44. The van der Waals surface area contributed by atoms with Crippen LogP contribution >= 0.6 is 0 Å². The Hall–Kier alpha value is -0.0400. The van der Waals surface area contributed by atoms with Crippen molar-refractivity contribution in [3.8, 4) is 0 Å². The molecule has 1 N–H and O–H groups in total. The molecule has 55 heavy (non-hydrogen) atoms. The summed E-state index contributed by atoms with van der Waals surface area (Å²) < 4.78 is 0. The molecule has 0 saturated heterocycles. The summed E-state index contributed by atoms with van der Waals surface area (Å²) in [4.78, 5) is 0. The summed E-state index contributed by atoms with van der Waals surface area (Å²) in [6.45, 7) is 26.2. The first-order valence-electron chi connectivity index (χ1n) is 25.9. The molecule has 0 spiro atoms. The molecule has 0 unspecified atom stereocenters. The zero-order chi connectivity index (χ0) is 38.9. The largest absolute Gasteiger partial charge is 0.311 e. The molecule has 1 heteroatoms. The van der Waals surface area contributed by atoms with Gasteiger partial charge in [-0.2, -0.15) is 0 Å². The predicted molar refractivity (Wildman–Crippen MR) is 237 cm³/mol. The Morgan fingerprint density at radius 2 is 0.800 bits per heavy atom. The van der Waals surface area contributed by atoms with Crippen molar-refractivity contribution in [2.75, 3.05) is 0 Å².